The van der Waals surface area contributed by atoms with Crippen molar-refractivity contribution in [1.82, 2.24) is 9.62 Å². The van der Waals surface area contributed by atoms with Gasteiger partial charge in [0.25, 0.3) is 0 Å². The molecule has 1 aromatic heterocycles. The quantitative estimate of drug-likeness (QED) is 0.611. The smallest absolute Gasteiger partial charge is 0.215 e. The molecular weight excluding hydrogens is 408 g/mol. The predicted molar refractivity (Wildman–Crippen MR) is 114 cm³/mol. The zero-order chi connectivity index (χ0) is 20.3. The third kappa shape index (κ3) is 5.08. The van der Waals surface area contributed by atoms with E-state index in [1.807, 2.05) is 18.2 Å². The van der Waals surface area contributed by atoms with Gasteiger partial charge in [-0.1, -0.05) is 48.0 Å². The van der Waals surface area contributed by atoms with E-state index in [9.17, 15) is 8.42 Å². The van der Waals surface area contributed by atoms with E-state index < -0.39 is 10.0 Å². The van der Waals surface area contributed by atoms with Gasteiger partial charge in [0.15, 0.2) is 0 Å². The Bertz CT molecular complexity index is 1070. The largest absolute Gasteiger partial charge is 0.468 e. The van der Waals surface area contributed by atoms with Crippen LogP contribution < -0.4 is 4.72 Å². The highest BCUT2D eigenvalue weighted by Gasteiger charge is 2.28. The molecule has 7 heteroatoms. The van der Waals surface area contributed by atoms with Gasteiger partial charge in [-0.15, -0.1) is 0 Å². The second-order valence-corrected chi connectivity index (χ2v) is 9.50. The molecule has 0 amide bonds. The Hall–Kier alpha value is -2.12. The molecule has 1 N–H and O–H groups in total. The van der Waals surface area contributed by atoms with Crippen molar-refractivity contribution in [2.75, 3.05) is 13.1 Å². The molecule has 0 bridgehead atoms. The lowest BCUT2D eigenvalue weighted by Gasteiger charge is -2.34. The molecule has 0 fully saturated rings. The number of halogens is 1. The summed E-state index contributed by atoms with van der Waals surface area (Å²) < 4.78 is 33.7. The number of sulfonamides is 1. The summed E-state index contributed by atoms with van der Waals surface area (Å²) in [7, 11) is -3.51. The lowest BCUT2D eigenvalue weighted by atomic mass is 9.98. The fourth-order valence-electron chi connectivity index (χ4n) is 3.78. The Labute approximate surface area is 176 Å². The van der Waals surface area contributed by atoms with Crippen molar-refractivity contribution < 1.29 is 12.8 Å². The first kappa shape index (κ1) is 20.2. The van der Waals surface area contributed by atoms with Crippen molar-refractivity contribution in [2.45, 2.75) is 24.8 Å². The van der Waals surface area contributed by atoms with E-state index in [1.165, 1.54) is 11.1 Å². The minimum atomic E-state index is -3.51. The summed E-state index contributed by atoms with van der Waals surface area (Å²) in [5.41, 5.74) is 3.28. The Morgan fingerprint density at radius 3 is 2.66 bits per heavy atom. The number of nitrogens with one attached hydrogen (secondary N) is 1. The minimum absolute atomic E-state index is 0.110. The summed E-state index contributed by atoms with van der Waals surface area (Å²) in [5.74, 6) is 0.649. The second-order valence-electron chi connectivity index (χ2n) is 7.26. The van der Waals surface area contributed by atoms with Gasteiger partial charge in [0.2, 0.25) is 10.0 Å². The van der Waals surface area contributed by atoms with Crippen LogP contribution in [0.25, 0.3) is 0 Å². The lowest BCUT2D eigenvalue weighted by molar-refractivity contribution is 0.160. The van der Waals surface area contributed by atoms with Crippen molar-refractivity contribution >= 4 is 21.6 Å². The molecule has 0 saturated heterocycles. The minimum Gasteiger partial charge on any atom is -0.468 e. The van der Waals surface area contributed by atoms with Crippen LogP contribution in [0.5, 0.6) is 0 Å². The van der Waals surface area contributed by atoms with E-state index in [0.29, 0.717) is 10.6 Å². The average Bonchev–Trinajstić information content (AvgIpc) is 3.22. The molecule has 2 aromatic carbocycles. The van der Waals surface area contributed by atoms with Gasteiger partial charge < -0.3 is 4.42 Å². The fourth-order valence-corrected chi connectivity index (χ4v) is 5.12. The Morgan fingerprint density at radius 1 is 1.07 bits per heavy atom. The first-order valence-electron chi connectivity index (χ1n) is 9.56. The highest BCUT2D eigenvalue weighted by molar-refractivity contribution is 7.88. The molecular formula is C22H23ClN2O3S. The van der Waals surface area contributed by atoms with Crippen LogP contribution >= 0.6 is 11.6 Å². The molecule has 5 nitrogen and oxygen atoms in total. The van der Waals surface area contributed by atoms with Crippen molar-refractivity contribution in [3.05, 3.63) is 94.4 Å². The van der Waals surface area contributed by atoms with Gasteiger partial charge in [-0.05, 0) is 47.4 Å². The SMILES string of the molecule is O=S(=O)(Cc1cccc(Cl)c1)NC[C@H](c1ccco1)N1CCc2ccccc2C1. The van der Waals surface area contributed by atoms with Crippen LogP contribution in [-0.4, -0.2) is 26.4 Å². The molecule has 29 heavy (non-hydrogen) atoms. The monoisotopic (exact) mass is 430 g/mol. The highest BCUT2D eigenvalue weighted by Crippen LogP contribution is 2.28. The van der Waals surface area contributed by atoms with E-state index in [2.05, 4.69) is 27.8 Å². The maximum absolute atomic E-state index is 12.7. The van der Waals surface area contributed by atoms with Crippen molar-refractivity contribution in [3.8, 4) is 0 Å². The second kappa shape index (κ2) is 8.71. The topological polar surface area (TPSA) is 62.6 Å². The van der Waals surface area contributed by atoms with Crippen LogP contribution in [0.15, 0.2) is 71.3 Å². The Balaban J connectivity index is 1.48. The van der Waals surface area contributed by atoms with E-state index >= 15 is 0 Å². The Kier molecular flexibility index (Phi) is 6.06. The van der Waals surface area contributed by atoms with Crippen molar-refractivity contribution in [1.29, 1.82) is 0 Å². The first-order chi connectivity index (χ1) is 14.0. The molecule has 1 aliphatic heterocycles. The molecule has 1 atom stereocenters. The Morgan fingerprint density at radius 2 is 1.90 bits per heavy atom. The van der Waals surface area contributed by atoms with Crippen LogP contribution in [0, 0.1) is 0 Å². The molecule has 3 aromatic rings. The summed E-state index contributed by atoms with van der Waals surface area (Å²) in [6, 6.07) is 18.9. The van der Waals surface area contributed by atoms with E-state index in [4.69, 9.17) is 16.0 Å². The van der Waals surface area contributed by atoms with Crippen molar-refractivity contribution in [2.24, 2.45) is 0 Å². The highest BCUT2D eigenvalue weighted by atomic mass is 35.5. The van der Waals surface area contributed by atoms with Gasteiger partial charge in [-0.25, -0.2) is 13.1 Å². The van der Waals surface area contributed by atoms with Crippen LogP contribution in [0.4, 0.5) is 0 Å². The number of hydrogen-bond donors (Lipinski definition) is 1. The van der Waals surface area contributed by atoms with Gasteiger partial charge in [0.05, 0.1) is 18.1 Å². The molecule has 0 unspecified atom stereocenters. The summed E-state index contributed by atoms with van der Waals surface area (Å²) >= 11 is 5.98. The molecule has 1 aliphatic rings. The number of rotatable bonds is 7. The number of benzene rings is 2. The van der Waals surface area contributed by atoms with Gasteiger partial charge in [0, 0.05) is 24.7 Å². The van der Waals surface area contributed by atoms with Crippen LogP contribution in [0.1, 0.15) is 28.5 Å². The normalized spacial score (nSPS) is 15.8. The number of nitrogens with zero attached hydrogens (tertiary/aromatic N) is 1. The predicted octanol–water partition coefficient (Wildman–Crippen LogP) is 4.15. The molecule has 0 saturated carbocycles. The maximum Gasteiger partial charge on any atom is 0.215 e. The molecule has 152 valence electrons. The van der Waals surface area contributed by atoms with Crippen LogP contribution in [0.3, 0.4) is 0 Å². The molecule has 0 radical (unpaired) electrons. The van der Waals surface area contributed by atoms with Gasteiger partial charge >= 0.3 is 0 Å². The van der Waals surface area contributed by atoms with Crippen LogP contribution in [0.2, 0.25) is 5.02 Å². The molecule has 2 heterocycles. The van der Waals surface area contributed by atoms with Crippen molar-refractivity contribution in [3.63, 3.8) is 0 Å². The number of hydrogen-bond acceptors (Lipinski definition) is 4. The number of fused-ring (bicyclic) bond motifs is 1. The van der Waals surface area contributed by atoms with E-state index in [0.717, 1.165) is 25.3 Å². The van der Waals surface area contributed by atoms with E-state index in [1.54, 1.807) is 30.5 Å². The summed E-state index contributed by atoms with van der Waals surface area (Å²) in [6.45, 7) is 1.86. The summed E-state index contributed by atoms with van der Waals surface area (Å²) in [6.07, 6.45) is 2.56. The van der Waals surface area contributed by atoms with Gasteiger partial charge in [-0.3, -0.25) is 4.90 Å². The maximum atomic E-state index is 12.7. The third-order valence-corrected chi connectivity index (χ3v) is 6.77. The zero-order valence-electron chi connectivity index (χ0n) is 15.9. The fraction of sp³-hybridized carbons (Fsp3) is 0.273. The molecule has 4 rings (SSSR count). The summed E-state index contributed by atoms with van der Waals surface area (Å²) in [5, 5.41) is 0.526. The van der Waals surface area contributed by atoms with E-state index in [-0.39, 0.29) is 18.3 Å². The molecule has 0 spiro atoms. The third-order valence-electron chi connectivity index (χ3n) is 5.21. The van der Waals surface area contributed by atoms with Gasteiger partial charge in [0.1, 0.15) is 5.76 Å². The van der Waals surface area contributed by atoms with Crippen LogP contribution in [-0.2, 0) is 28.7 Å². The number of furan rings is 1. The zero-order valence-corrected chi connectivity index (χ0v) is 17.5. The summed E-state index contributed by atoms with van der Waals surface area (Å²) in [4.78, 5) is 2.27. The average molecular weight is 431 g/mol. The first-order valence-corrected chi connectivity index (χ1v) is 11.6. The standard InChI is InChI=1S/C22H23ClN2O3S/c23-20-8-3-5-17(13-20)16-29(26,27)24-14-21(22-9-4-12-28-22)25-11-10-18-6-1-2-7-19(18)15-25/h1-9,12-13,21,24H,10-11,14-16H2/t21-/m1/s1. The molecule has 0 aliphatic carbocycles. The van der Waals surface area contributed by atoms with Gasteiger partial charge in [-0.2, -0.15) is 0 Å². The lowest BCUT2D eigenvalue weighted by Crippen LogP contribution is -2.40.